The van der Waals surface area contributed by atoms with Gasteiger partial charge in [0.15, 0.2) is 0 Å². The predicted octanol–water partition coefficient (Wildman–Crippen LogP) is 17.5. The van der Waals surface area contributed by atoms with E-state index in [1.165, 1.54) is 33.4 Å². The second kappa shape index (κ2) is 18.0. The molecule has 63 heavy (non-hydrogen) atoms. The van der Waals surface area contributed by atoms with Crippen molar-refractivity contribution >= 4 is 17.2 Å². The van der Waals surface area contributed by atoms with E-state index in [0.29, 0.717) is 0 Å². The monoisotopic (exact) mass is 887 g/mol. The molecule has 2 aliphatic rings. The molecule has 3 atom stereocenters. The fraction of sp³-hybridized carbons (Fsp3) is 0.483. The zero-order valence-electron chi connectivity index (χ0n) is 42.6. The first-order chi connectivity index (χ1) is 28.7. The summed E-state index contributed by atoms with van der Waals surface area (Å²) in [5.41, 5.74) is 9.52. The van der Waals surface area contributed by atoms with E-state index in [9.17, 15) is 0 Å². The van der Waals surface area contributed by atoms with E-state index < -0.39 is 13.5 Å². The van der Waals surface area contributed by atoms with Crippen molar-refractivity contribution in [2.45, 2.75) is 181 Å². The number of allylic oxidation sites excluding steroid dienone is 12. The lowest BCUT2D eigenvalue weighted by atomic mass is 9.80. The molecule has 0 fully saturated rings. The Morgan fingerprint density at radius 1 is 0.429 bits per heavy atom. The number of hydrogen-bond acceptors (Lipinski definition) is 3. The molecular weight excluding hydrogens is 807 g/mol. The molecule has 3 unspecified atom stereocenters. The lowest BCUT2D eigenvalue weighted by Gasteiger charge is -2.35. The molecule has 3 nitrogen and oxygen atoms in total. The minimum atomic E-state index is -1.61. The number of benzene rings is 3. The lowest BCUT2D eigenvalue weighted by Crippen LogP contribution is -2.24. The smallest absolute Gasteiger partial charge is 0.305 e. The molecule has 5 heteroatoms. The van der Waals surface area contributed by atoms with Crippen LogP contribution in [0.15, 0.2) is 127 Å². The topological polar surface area (TPSA) is 27.7 Å². The molecule has 0 amide bonds. The summed E-state index contributed by atoms with van der Waals surface area (Å²) in [6, 6.07) is 20.2. The van der Waals surface area contributed by atoms with Crippen molar-refractivity contribution in [3.05, 3.63) is 160 Å². The minimum Gasteiger partial charge on any atom is -0.476 e. The first-order valence-corrected chi connectivity index (χ1v) is 25.0. The Morgan fingerprint density at radius 3 is 1.19 bits per heavy atom. The fourth-order valence-corrected chi connectivity index (χ4v) is 9.91. The minimum absolute atomic E-state index is 0.00631. The molecule has 340 valence electrons. The largest absolute Gasteiger partial charge is 0.476 e. The molecule has 3 aromatic rings. The fourth-order valence-electron chi connectivity index (χ4n) is 7.57. The molecule has 0 aliphatic heterocycles. The van der Waals surface area contributed by atoms with Gasteiger partial charge in [0, 0.05) is 16.7 Å². The zero-order valence-corrected chi connectivity index (χ0v) is 44.5. The van der Waals surface area contributed by atoms with E-state index in [0.717, 1.165) is 28.4 Å². The predicted molar refractivity (Wildman–Crippen MR) is 278 cm³/mol. The average molecular weight is 887 g/mol. The van der Waals surface area contributed by atoms with Crippen molar-refractivity contribution in [1.82, 2.24) is 0 Å². The Morgan fingerprint density at radius 2 is 0.794 bits per heavy atom. The molecule has 0 heterocycles. The van der Waals surface area contributed by atoms with Gasteiger partial charge in [-0.1, -0.05) is 222 Å². The maximum Gasteiger partial charge on any atom is 0.305 e. The van der Waals surface area contributed by atoms with Gasteiger partial charge in [-0.2, -0.15) is 0 Å². The molecule has 0 saturated carbocycles. The van der Waals surface area contributed by atoms with Gasteiger partial charge >= 0.3 is 8.38 Å². The van der Waals surface area contributed by atoms with Gasteiger partial charge < -0.3 is 13.6 Å². The van der Waals surface area contributed by atoms with E-state index in [1.807, 2.05) is 0 Å². The third-order valence-corrected chi connectivity index (χ3v) is 15.0. The SMILES string of the molecule is CC1(POc2ccc(C(C)(C)C)cc2C(C)(C)C)C=CC=C(C2=CC=CC(C)(P(Oc3ccc(C(C)(C)C)cc3C(C)(C)C)Oc3ccc(C(C)(C)C)cc3C(C)(C)C)C=C2)C=C1. The normalized spacial score (nSPS) is 20.2. The van der Waals surface area contributed by atoms with Gasteiger partial charge in [0.2, 0.25) is 0 Å². The zero-order chi connectivity index (χ0) is 47.2. The van der Waals surface area contributed by atoms with Gasteiger partial charge in [-0.3, -0.25) is 0 Å². The van der Waals surface area contributed by atoms with Crippen molar-refractivity contribution in [3.63, 3.8) is 0 Å². The molecular formula is C58H80O3P2. The maximum absolute atomic E-state index is 7.31. The highest BCUT2D eigenvalue weighted by atomic mass is 31.2. The van der Waals surface area contributed by atoms with Crippen molar-refractivity contribution in [2.75, 3.05) is 0 Å². The molecule has 0 saturated heterocycles. The van der Waals surface area contributed by atoms with Crippen LogP contribution in [0, 0.1) is 0 Å². The summed E-state index contributed by atoms with van der Waals surface area (Å²) < 4.78 is 21.4. The summed E-state index contributed by atoms with van der Waals surface area (Å²) in [6.45, 7) is 45.3. The Bertz CT molecular complexity index is 2250. The van der Waals surface area contributed by atoms with Crippen molar-refractivity contribution in [2.24, 2.45) is 0 Å². The quantitative estimate of drug-likeness (QED) is 0.200. The molecule has 0 radical (unpaired) electrons. The summed E-state index contributed by atoms with van der Waals surface area (Å²) in [4.78, 5) is 0. The summed E-state index contributed by atoms with van der Waals surface area (Å²) in [5.74, 6) is 2.70. The van der Waals surface area contributed by atoms with Gasteiger partial charge in [-0.05, 0) is 92.4 Å². The van der Waals surface area contributed by atoms with E-state index in [1.54, 1.807) is 0 Å². The second-order valence-electron chi connectivity index (χ2n) is 24.4. The standard InChI is InChI=1S/C58H80O3P2/c1-51(2,3)42-25-28-48(45(37-42)54(10,11)12)59-62-57(19)33-21-23-40(31-35-57)41-24-22-34-58(20,36-32-41)63(60-49-29-26-43(52(4,5)6)38-46(49)55(13,14)15)61-50-30-27-44(53(7,8)9)39-47(50)56(16,17)18/h21-39,62H,1-20H3. The highest BCUT2D eigenvalue weighted by Crippen LogP contribution is 2.57. The van der Waals surface area contributed by atoms with Crippen LogP contribution in [0.25, 0.3) is 0 Å². The molecule has 3 aromatic carbocycles. The second-order valence-corrected chi connectivity index (χ2v) is 27.7. The lowest BCUT2D eigenvalue weighted by molar-refractivity contribution is 0.445. The van der Waals surface area contributed by atoms with Crippen LogP contribution in [-0.4, -0.2) is 10.3 Å². The third-order valence-electron chi connectivity index (χ3n) is 12.1. The average Bonchev–Trinajstić information content (AvgIpc) is 3.47. The third kappa shape index (κ3) is 12.6. The van der Waals surface area contributed by atoms with Crippen LogP contribution < -0.4 is 13.6 Å². The van der Waals surface area contributed by atoms with E-state index >= 15 is 0 Å². The molecule has 0 spiro atoms. The summed E-state index contributed by atoms with van der Waals surface area (Å²) in [5, 5.41) is -0.850. The van der Waals surface area contributed by atoms with Gasteiger partial charge in [0.05, 0.1) is 19.1 Å². The van der Waals surface area contributed by atoms with Crippen LogP contribution in [0.1, 0.15) is 172 Å². The van der Waals surface area contributed by atoms with Crippen LogP contribution in [0.2, 0.25) is 0 Å². The van der Waals surface area contributed by atoms with Crippen LogP contribution in [0.5, 0.6) is 17.2 Å². The molecule has 0 bridgehead atoms. The molecule has 5 rings (SSSR count). The first-order valence-electron chi connectivity index (χ1n) is 22.9. The number of rotatable bonds is 9. The number of hydrogen-bond donors (Lipinski definition) is 0. The summed E-state index contributed by atoms with van der Waals surface area (Å²) in [6.07, 6.45) is 22.4. The highest BCUT2D eigenvalue weighted by Gasteiger charge is 2.39. The van der Waals surface area contributed by atoms with Gasteiger partial charge in [-0.25, -0.2) is 0 Å². The van der Waals surface area contributed by atoms with Crippen LogP contribution >= 0.6 is 17.2 Å². The van der Waals surface area contributed by atoms with Crippen LogP contribution in [0.3, 0.4) is 0 Å². The van der Waals surface area contributed by atoms with E-state index in [4.69, 9.17) is 13.6 Å². The summed E-state index contributed by atoms with van der Waals surface area (Å²) in [7, 11) is -1.40. The first kappa shape index (κ1) is 50.4. The molecule has 0 aromatic heterocycles. The highest BCUT2D eigenvalue weighted by molar-refractivity contribution is 7.50. The van der Waals surface area contributed by atoms with E-state index in [-0.39, 0.29) is 46.5 Å². The van der Waals surface area contributed by atoms with E-state index in [2.05, 4.69) is 254 Å². The Kier molecular flexibility index (Phi) is 14.4. The maximum atomic E-state index is 7.31. The van der Waals surface area contributed by atoms with Crippen molar-refractivity contribution in [1.29, 1.82) is 0 Å². The molecule has 2 aliphatic carbocycles. The van der Waals surface area contributed by atoms with Crippen molar-refractivity contribution < 1.29 is 13.6 Å². The van der Waals surface area contributed by atoms with Crippen molar-refractivity contribution in [3.8, 4) is 17.2 Å². The summed E-state index contributed by atoms with van der Waals surface area (Å²) >= 11 is 0. The molecule has 0 N–H and O–H groups in total. The van der Waals surface area contributed by atoms with Crippen LogP contribution in [-0.2, 0) is 32.5 Å². The van der Waals surface area contributed by atoms with Gasteiger partial charge in [-0.15, -0.1) is 0 Å². The van der Waals surface area contributed by atoms with Gasteiger partial charge in [0.25, 0.3) is 0 Å². The van der Waals surface area contributed by atoms with Crippen LogP contribution in [0.4, 0.5) is 0 Å². The van der Waals surface area contributed by atoms with Gasteiger partial charge in [0.1, 0.15) is 17.2 Å². The Hall–Kier alpha value is -3.64. The Balaban J connectivity index is 1.49. The Labute approximate surface area is 387 Å².